The Labute approximate surface area is 69.2 Å². The molecule has 1 heterocycles. The van der Waals surface area contributed by atoms with E-state index in [1.165, 1.54) is 11.3 Å². The van der Waals surface area contributed by atoms with Crippen LogP contribution in [0.5, 0.6) is 0 Å². The summed E-state index contributed by atoms with van der Waals surface area (Å²) in [6.45, 7) is 1.02. The molecule has 0 saturated carbocycles. The van der Waals surface area contributed by atoms with Gasteiger partial charge in [-0.15, -0.1) is 0 Å². The third-order valence-corrected chi connectivity index (χ3v) is 1.90. The van der Waals surface area contributed by atoms with Gasteiger partial charge in [0, 0.05) is 24.0 Å². The second-order valence-electron chi connectivity index (χ2n) is 2.06. The minimum atomic E-state index is -0.0447. The molecule has 0 bridgehead atoms. The number of thiophene rings is 1. The lowest BCUT2D eigenvalue weighted by Crippen LogP contribution is -2.28. The summed E-state index contributed by atoms with van der Waals surface area (Å²) >= 11 is 1.51. The molecule has 0 unspecified atom stereocenters. The third-order valence-electron chi connectivity index (χ3n) is 1.21. The Hall–Kier alpha value is -0.870. The molecular formula is C7H10N2OS. The van der Waals surface area contributed by atoms with Crippen LogP contribution < -0.4 is 11.1 Å². The van der Waals surface area contributed by atoms with Gasteiger partial charge in [-0.2, -0.15) is 11.3 Å². The molecule has 0 aliphatic heterocycles. The van der Waals surface area contributed by atoms with E-state index in [0.29, 0.717) is 18.7 Å². The minimum absolute atomic E-state index is 0.0447. The fraction of sp³-hybridized carbons (Fsp3) is 0.286. The maximum atomic E-state index is 11.1. The van der Waals surface area contributed by atoms with Crippen LogP contribution in [0.2, 0.25) is 0 Å². The summed E-state index contributed by atoms with van der Waals surface area (Å²) in [6, 6.07) is 1.79. The van der Waals surface area contributed by atoms with E-state index in [1.807, 2.05) is 10.8 Å². The van der Waals surface area contributed by atoms with Crippen LogP contribution in [-0.4, -0.2) is 19.0 Å². The molecule has 3 N–H and O–H groups in total. The number of hydrogen-bond donors (Lipinski definition) is 2. The summed E-state index contributed by atoms with van der Waals surface area (Å²) in [5, 5.41) is 6.36. The van der Waals surface area contributed by atoms with Crippen LogP contribution in [0, 0.1) is 0 Å². The van der Waals surface area contributed by atoms with Crippen molar-refractivity contribution in [1.82, 2.24) is 5.32 Å². The van der Waals surface area contributed by atoms with Crippen LogP contribution in [0.3, 0.4) is 0 Å². The van der Waals surface area contributed by atoms with Gasteiger partial charge in [-0.25, -0.2) is 0 Å². The molecule has 11 heavy (non-hydrogen) atoms. The van der Waals surface area contributed by atoms with E-state index in [2.05, 4.69) is 5.32 Å². The lowest BCUT2D eigenvalue weighted by Gasteiger charge is -1.99. The van der Waals surface area contributed by atoms with E-state index in [1.54, 1.807) is 6.07 Å². The van der Waals surface area contributed by atoms with Gasteiger partial charge in [0.05, 0.1) is 0 Å². The average molecular weight is 170 g/mol. The summed E-state index contributed by atoms with van der Waals surface area (Å²) in [6.07, 6.45) is 0. The molecule has 1 amide bonds. The molecule has 1 aromatic heterocycles. The van der Waals surface area contributed by atoms with Gasteiger partial charge in [0.2, 0.25) is 0 Å². The van der Waals surface area contributed by atoms with E-state index < -0.39 is 0 Å². The Morgan fingerprint density at radius 1 is 1.73 bits per heavy atom. The van der Waals surface area contributed by atoms with Gasteiger partial charge in [0.25, 0.3) is 5.91 Å². The van der Waals surface area contributed by atoms with Crippen molar-refractivity contribution in [2.75, 3.05) is 13.1 Å². The Bertz CT molecular complexity index is 220. The van der Waals surface area contributed by atoms with Gasteiger partial charge < -0.3 is 11.1 Å². The number of amides is 1. The molecule has 0 atom stereocenters. The van der Waals surface area contributed by atoms with Crippen LogP contribution in [0.1, 0.15) is 10.4 Å². The SMILES string of the molecule is NCCNC(=O)c1ccsc1. The number of carbonyl (C=O) groups is 1. The quantitative estimate of drug-likeness (QED) is 0.691. The summed E-state index contributed by atoms with van der Waals surface area (Å²) in [4.78, 5) is 11.1. The van der Waals surface area contributed by atoms with E-state index in [0.717, 1.165) is 0 Å². The Kier molecular flexibility index (Phi) is 3.07. The van der Waals surface area contributed by atoms with Gasteiger partial charge in [-0.3, -0.25) is 4.79 Å². The summed E-state index contributed by atoms with van der Waals surface area (Å²) in [5.74, 6) is -0.0447. The molecule has 0 saturated heterocycles. The first kappa shape index (κ1) is 8.23. The molecular weight excluding hydrogens is 160 g/mol. The van der Waals surface area contributed by atoms with Gasteiger partial charge in [-0.05, 0) is 11.4 Å². The Morgan fingerprint density at radius 2 is 2.55 bits per heavy atom. The topological polar surface area (TPSA) is 55.1 Å². The fourth-order valence-corrected chi connectivity index (χ4v) is 1.32. The predicted octanol–water partition coefficient (Wildman–Crippen LogP) is 0.437. The van der Waals surface area contributed by atoms with E-state index >= 15 is 0 Å². The molecule has 0 aliphatic carbocycles. The van der Waals surface area contributed by atoms with Crippen LogP contribution in [0.4, 0.5) is 0 Å². The zero-order chi connectivity index (χ0) is 8.10. The van der Waals surface area contributed by atoms with Crippen molar-refractivity contribution in [3.63, 3.8) is 0 Å². The fourth-order valence-electron chi connectivity index (χ4n) is 0.681. The highest BCUT2D eigenvalue weighted by Gasteiger charge is 2.02. The van der Waals surface area contributed by atoms with Gasteiger partial charge >= 0.3 is 0 Å². The van der Waals surface area contributed by atoms with Crippen LogP contribution in [0.25, 0.3) is 0 Å². The molecule has 60 valence electrons. The predicted molar refractivity (Wildman–Crippen MR) is 45.7 cm³/mol. The maximum Gasteiger partial charge on any atom is 0.252 e. The molecule has 1 rings (SSSR count). The second-order valence-corrected chi connectivity index (χ2v) is 2.84. The van der Waals surface area contributed by atoms with Crippen molar-refractivity contribution in [2.24, 2.45) is 5.73 Å². The number of carbonyl (C=O) groups excluding carboxylic acids is 1. The first-order valence-corrected chi connectivity index (χ1v) is 4.29. The van der Waals surface area contributed by atoms with E-state index in [-0.39, 0.29) is 5.91 Å². The molecule has 0 radical (unpaired) electrons. The zero-order valence-corrected chi connectivity index (χ0v) is 6.86. The normalized spacial score (nSPS) is 9.55. The third kappa shape index (κ3) is 2.32. The standard InChI is InChI=1S/C7H10N2OS/c8-2-3-9-7(10)6-1-4-11-5-6/h1,4-5H,2-3,8H2,(H,9,10). The lowest BCUT2D eigenvalue weighted by molar-refractivity contribution is 0.0955. The van der Waals surface area contributed by atoms with Gasteiger partial charge in [0.1, 0.15) is 0 Å². The molecule has 4 heteroatoms. The van der Waals surface area contributed by atoms with Crippen LogP contribution in [0.15, 0.2) is 16.8 Å². The summed E-state index contributed by atoms with van der Waals surface area (Å²) in [7, 11) is 0. The van der Waals surface area contributed by atoms with Crippen molar-refractivity contribution in [1.29, 1.82) is 0 Å². The average Bonchev–Trinajstić information content (AvgIpc) is 2.52. The molecule has 1 aromatic rings. The Morgan fingerprint density at radius 3 is 3.09 bits per heavy atom. The number of hydrogen-bond acceptors (Lipinski definition) is 3. The summed E-state index contributed by atoms with van der Waals surface area (Å²) in [5.41, 5.74) is 5.93. The second kappa shape index (κ2) is 4.10. The highest BCUT2D eigenvalue weighted by molar-refractivity contribution is 7.08. The monoisotopic (exact) mass is 170 g/mol. The highest BCUT2D eigenvalue weighted by Crippen LogP contribution is 2.04. The Balaban J connectivity index is 2.43. The number of rotatable bonds is 3. The lowest BCUT2D eigenvalue weighted by atomic mass is 10.3. The van der Waals surface area contributed by atoms with Crippen molar-refractivity contribution in [3.8, 4) is 0 Å². The first-order chi connectivity index (χ1) is 5.34. The molecule has 3 nitrogen and oxygen atoms in total. The molecule has 0 aliphatic rings. The van der Waals surface area contributed by atoms with Crippen LogP contribution >= 0.6 is 11.3 Å². The molecule has 0 aromatic carbocycles. The largest absolute Gasteiger partial charge is 0.351 e. The first-order valence-electron chi connectivity index (χ1n) is 3.35. The van der Waals surface area contributed by atoms with Gasteiger partial charge in [0.15, 0.2) is 0 Å². The zero-order valence-electron chi connectivity index (χ0n) is 6.04. The number of nitrogens with two attached hydrogens (primary N) is 1. The van der Waals surface area contributed by atoms with Crippen molar-refractivity contribution in [3.05, 3.63) is 22.4 Å². The van der Waals surface area contributed by atoms with Crippen molar-refractivity contribution in [2.45, 2.75) is 0 Å². The van der Waals surface area contributed by atoms with Gasteiger partial charge in [-0.1, -0.05) is 0 Å². The maximum absolute atomic E-state index is 11.1. The van der Waals surface area contributed by atoms with Crippen LogP contribution in [-0.2, 0) is 0 Å². The van der Waals surface area contributed by atoms with E-state index in [4.69, 9.17) is 5.73 Å². The van der Waals surface area contributed by atoms with E-state index in [9.17, 15) is 4.79 Å². The summed E-state index contributed by atoms with van der Waals surface area (Å²) < 4.78 is 0. The molecule has 0 fully saturated rings. The molecule has 0 spiro atoms. The highest BCUT2D eigenvalue weighted by atomic mass is 32.1. The minimum Gasteiger partial charge on any atom is -0.351 e. The van der Waals surface area contributed by atoms with Crippen molar-refractivity contribution >= 4 is 17.2 Å². The number of nitrogens with one attached hydrogen (secondary N) is 1. The van der Waals surface area contributed by atoms with Crippen molar-refractivity contribution < 1.29 is 4.79 Å². The smallest absolute Gasteiger partial charge is 0.252 e.